The molecule has 4 aliphatic rings. The third-order valence-electron chi connectivity index (χ3n) is 7.10. The number of rotatable bonds is 4. The lowest BCUT2D eigenvalue weighted by Crippen LogP contribution is -2.60. The van der Waals surface area contributed by atoms with Crippen molar-refractivity contribution in [1.29, 1.82) is 0 Å². The van der Waals surface area contributed by atoms with Gasteiger partial charge in [-0.05, 0) is 74.2 Å². The minimum Gasteiger partial charge on any atom is -0.299 e. The highest BCUT2D eigenvalue weighted by Gasteiger charge is 2.64. The number of carbonyl (C=O) groups is 1. The summed E-state index contributed by atoms with van der Waals surface area (Å²) in [5.41, 5.74) is 2.21. The molecule has 0 saturated heterocycles. The minimum absolute atomic E-state index is 0.00950. The molecule has 0 heterocycles. The topological polar surface area (TPSA) is 17.1 Å². The molecule has 0 aliphatic heterocycles. The lowest BCUT2D eigenvalue weighted by molar-refractivity contribution is -0.159. The fraction of sp³-hybridized carbons (Fsp3) is 0.667. The van der Waals surface area contributed by atoms with E-state index in [-0.39, 0.29) is 10.8 Å². The fourth-order valence-corrected chi connectivity index (χ4v) is 6.95. The summed E-state index contributed by atoms with van der Waals surface area (Å²) in [5, 5.41) is 0. The van der Waals surface area contributed by atoms with Crippen LogP contribution in [-0.4, -0.2) is 5.78 Å². The van der Waals surface area contributed by atoms with Gasteiger partial charge in [-0.2, -0.15) is 0 Å². The summed E-state index contributed by atoms with van der Waals surface area (Å²) < 4.78 is 0. The highest BCUT2D eigenvalue weighted by atomic mass is 16.1. The van der Waals surface area contributed by atoms with Crippen molar-refractivity contribution in [2.75, 3.05) is 0 Å². The van der Waals surface area contributed by atoms with Crippen LogP contribution in [-0.2, 0) is 10.2 Å². The van der Waals surface area contributed by atoms with E-state index in [1.54, 1.807) is 0 Å². The zero-order valence-corrected chi connectivity index (χ0v) is 14.0. The Hall–Kier alpha value is -1.11. The maximum atomic E-state index is 12.6. The molecule has 0 radical (unpaired) electrons. The number of hydrogen-bond acceptors (Lipinski definition) is 1. The van der Waals surface area contributed by atoms with Gasteiger partial charge in [0.15, 0.2) is 0 Å². The number of benzene rings is 1. The van der Waals surface area contributed by atoms with Crippen molar-refractivity contribution in [3.63, 3.8) is 0 Å². The number of hydrogen-bond donors (Lipinski definition) is 0. The first-order chi connectivity index (χ1) is 10.5. The van der Waals surface area contributed by atoms with E-state index in [0.717, 1.165) is 12.3 Å². The van der Waals surface area contributed by atoms with Crippen LogP contribution in [0, 0.1) is 16.7 Å². The quantitative estimate of drug-likeness (QED) is 0.738. The summed E-state index contributed by atoms with van der Waals surface area (Å²) in [5.74, 6) is 1.24. The van der Waals surface area contributed by atoms with Crippen molar-refractivity contribution in [2.24, 2.45) is 16.7 Å². The first-order valence-corrected chi connectivity index (χ1v) is 9.08. The van der Waals surface area contributed by atoms with Crippen LogP contribution in [0.1, 0.15) is 70.8 Å². The van der Waals surface area contributed by atoms with Crippen LogP contribution in [0.25, 0.3) is 0 Å². The Morgan fingerprint density at radius 2 is 1.86 bits per heavy atom. The van der Waals surface area contributed by atoms with E-state index in [0.29, 0.717) is 11.2 Å². The average molecular weight is 296 g/mol. The van der Waals surface area contributed by atoms with E-state index in [2.05, 4.69) is 37.3 Å². The second-order valence-corrected chi connectivity index (χ2v) is 8.74. The lowest BCUT2D eigenvalue weighted by Gasteiger charge is -2.66. The molecule has 5 rings (SSSR count). The molecule has 22 heavy (non-hydrogen) atoms. The Labute approximate surface area is 134 Å². The molecule has 1 aromatic rings. The zero-order chi connectivity index (χ0) is 15.4. The Balaban J connectivity index is 1.83. The van der Waals surface area contributed by atoms with Crippen LogP contribution in [0.4, 0.5) is 0 Å². The van der Waals surface area contributed by atoms with Gasteiger partial charge in [0.25, 0.3) is 0 Å². The standard InChI is InChI=1S/C21H28O/c1-3-9-19-10-17-11-20(13-19,16(2)22)15-21(12-17,14-19)18-7-5-4-6-8-18/h4-8,17H,3,9-15H2,1-2H3/t17?,19-,20?,21+/m0/s1. The molecule has 4 fully saturated rings. The Morgan fingerprint density at radius 1 is 1.09 bits per heavy atom. The van der Waals surface area contributed by atoms with E-state index in [9.17, 15) is 4.79 Å². The van der Waals surface area contributed by atoms with Crippen LogP contribution < -0.4 is 0 Å². The molecule has 118 valence electrons. The van der Waals surface area contributed by atoms with E-state index in [1.807, 2.05) is 6.92 Å². The predicted molar refractivity (Wildman–Crippen MR) is 89.8 cm³/mol. The van der Waals surface area contributed by atoms with Crippen LogP contribution in [0.5, 0.6) is 0 Å². The summed E-state index contributed by atoms with van der Waals surface area (Å²) in [6.45, 7) is 4.18. The molecule has 0 aromatic heterocycles. The van der Waals surface area contributed by atoms with Gasteiger partial charge in [0.05, 0.1) is 0 Å². The molecular formula is C21H28O. The van der Waals surface area contributed by atoms with Gasteiger partial charge < -0.3 is 0 Å². The fourth-order valence-electron chi connectivity index (χ4n) is 6.95. The first kappa shape index (κ1) is 14.5. The second kappa shape index (κ2) is 4.69. The van der Waals surface area contributed by atoms with E-state index in [1.165, 1.54) is 50.5 Å². The van der Waals surface area contributed by atoms with E-state index < -0.39 is 0 Å². The van der Waals surface area contributed by atoms with Gasteiger partial charge in [-0.25, -0.2) is 0 Å². The van der Waals surface area contributed by atoms with Crippen molar-refractivity contribution in [3.8, 4) is 0 Å². The van der Waals surface area contributed by atoms with Gasteiger partial charge in [0.1, 0.15) is 5.78 Å². The normalized spacial score (nSPS) is 42.5. The molecule has 0 amide bonds. The zero-order valence-electron chi connectivity index (χ0n) is 14.0. The number of Topliss-reactive ketones (excluding diaryl/α,β-unsaturated/α-hetero) is 1. The van der Waals surface area contributed by atoms with Crippen molar-refractivity contribution < 1.29 is 4.79 Å². The molecule has 1 nitrogen and oxygen atoms in total. The molecule has 4 bridgehead atoms. The van der Waals surface area contributed by atoms with Gasteiger partial charge in [0.2, 0.25) is 0 Å². The Morgan fingerprint density at radius 3 is 2.55 bits per heavy atom. The predicted octanol–water partition coefficient (Wildman–Crippen LogP) is 5.28. The number of carbonyl (C=O) groups excluding carboxylic acids is 1. The van der Waals surface area contributed by atoms with Gasteiger partial charge >= 0.3 is 0 Å². The minimum atomic E-state index is -0.00950. The van der Waals surface area contributed by atoms with Crippen LogP contribution in [0.3, 0.4) is 0 Å². The summed E-state index contributed by atoms with van der Waals surface area (Å²) in [6.07, 6.45) is 10.0. The average Bonchev–Trinajstić information content (AvgIpc) is 2.46. The second-order valence-electron chi connectivity index (χ2n) is 8.74. The summed E-state index contributed by atoms with van der Waals surface area (Å²) in [6, 6.07) is 11.1. The molecule has 0 spiro atoms. The first-order valence-electron chi connectivity index (χ1n) is 9.08. The van der Waals surface area contributed by atoms with Gasteiger partial charge in [-0.3, -0.25) is 4.79 Å². The van der Waals surface area contributed by atoms with Crippen LogP contribution in [0.15, 0.2) is 30.3 Å². The maximum absolute atomic E-state index is 12.6. The van der Waals surface area contributed by atoms with E-state index >= 15 is 0 Å². The monoisotopic (exact) mass is 296 g/mol. The smallest absolute Gasteiger partial charge is 0.136 e. The largest absolute Gasteiger partial charge is 0.299 e. The summed E-state index contributed by atoms with van der Waals surface area (Å²) in [7, 11) is 0. The Bertz CT molecular complexity index is 591. The van der Waals surface area contributed by atoms with Gasteiger partial charge in [0, 0.05) is 5.41 Å². The van der Waals surface area contributed by atoms with Crippen LogP contribution in [0.2, 0.25) is 0 Å². The molecule has 1 heteroatoms. The SMILES string of the molecule is CCC[C@]12CC3CC(C(C)=O)(C1)C[C@@](c1ccccc1)(C3)C2. The molecule has 4 atom stereocenters. The molecule has 0 N–H and O–H groups in total. The molecule has 1 aromatic carbocycles. The van der Waals surface area contributed by atoms with Crippen molar-refractivity contribution in [1.82, 2.24) is 0 Å². The summed E-state index contributed by atoms with van der Waals surface area (Å²) >= 11 is 0. The maximum Gasteiger partial charge on any atom is 0.136 e. The third kappa shape index (κ3) is 1.94. The number of ketones is 1. The third-order valence-corrected chi connectivity index (χ3v) is 7.10. The van der Waals surface area contributed by atoms with Crippen molar-refractivity contribution >= 4 is 5.78 Å². The van der Waals surface area contributed by atoms with E-state index in [4.69, 9.17) is 0 Å². The van der Waals surface area contributed by atoms with Crippen molar-refractivity contribution in [3.05, 3.63) is 35.9 Å². The molecular weight excluding hydrogens is 268 g/mol. The van der Waals surface area contributed by atoms with Gasteiger partial charge in [-0.1, -0.05) is 43.7 Å². The summed E-state index contributed by atoms with van der Waals surface area (Å²) in [4.78, 5) is 12.6. The molecule has 4 aliphatic carbocycles. The molecule has 4 saturated carbocycles. The molecule has 2 unspecified atom stereocenters. The van der Waals surface area contributed by atoms with Gasteiger partial charge in [-0.15, -0.1) is 0 Å². The Kier molecular flexibility index (Phi) is 3.09. The lowest BCUT2D eigenvalue weighted by atomic mass is 9.37. The highest BCUT2D eigenvalue weighted by Crippen LogP contribution is 2.71. The highest BCUT2D eigenvalue weighted by molar-refractivity contribution is 5.83. The van der Waals surface area contributed by atoms with Crippen LogP contribution >= 0.6 is 0 Å². The van der Waals surface area contributed by atoms with Crippen molar-refractivity contribution in [2.45, 2.75) is 70.6 Å².